The number of nitriles is 1. The highest BCUT2D eigenvalue weighted by Gasteiger charge is 2.33. The maximum Gasteiger partial charge on any atom is 0.268 e. The predicted molar refractivity (Wildman–Crippen MR) is 175 cm³/mol. The highest BCUT2D eigenvalue weighted by molar-refractivity contribution is 7.17. The molecule has 1 atom stereocenters. The Kier molecular flexibility index (Phi) is 8.79. The van der Waals surface area contributed by atoms with E-state index in [1.165, 1.54) is 30.5 Å². The predicted octanol–water partition coefficient (Wildman–Crippen LogP) is 5.79. The summed E-state index contributed by atoms with van der Waals surface area (Å²) in [5.74, 6) is 0.714. The van der Waals surface area contributed by atoms with Gasteiger partial charge in [-0.05, 0) is 79.5 Å². The number of imidazole rings is 1. The van der Waals surface area contributed by atoms with Gasteiger partial charge in [-0.1, -0.05) is 32.9 Å². The molecule has 4 aromatic rings. The Labute approximate surface area is 267 Å². The number of hydrogen-bond acceptors (Lipinski definition) is 8. The van der Waals surface area contributed by atoms with Crippen LogP contribution in [0.2, 0.25) is 0 Å². The zero-order valence-corrected chi connectivity index (χ0v) is 26.7. The molecule has 2 fully saturated rings. The molecule has 1 aliphatic heterocycles. The van der Waals surface area contributed by atoms with Crippen LogP contribution in [-0.4, -0.2) is 55.4 Å². The summed E-state index contributed by atoms with van der Waals surface area (Å²) < 4.78 is 2.00. The van der Waals surface area contributed by atoms with Gasteiger partial charge in [0.05, 0.1) is 32.5 Å². The van der Waals surface area contributed by atoms with Gasteiger partial charge >= 0.3 is 0 Å². The Hall–Kier alpha value is -4.40. The third-order valence-electron chi connectivity index (χ3n) is 8.12. The fourth-order valence-electron chi connectivity index (χ4n) is 5.74. The monoisotopic (exact) mass is 622 g/mol. The molecule has 6 rings (SSSR count). The number of nitrogens with one attached hydrogen (secondary N) is 2. The second-order valence-electron chi connectivity index (χ2n) is 13.0. The van der Waals surface area contributed by atoms with Gasteiger partial charge in [-0.3, -0.25) is 14.9 Å². The number of aromatic nitrogens is 4. The molecule has 1 unspecified atom stereocenters. The van der Waals surface area contributed by atoms with Gasteiger partial charge in [0.25, 0.3) is 11.8 Å². The van der Waals surface area contributed by atoms with E-state index < -0.39 is 0 Å². The van der Waals surface area contributed by atoms with Gasteiger partial charge in [0.2, 0.25) is 5.95 Å². The van der Waals surface area contributed by atoms with Crippen LogP contribution in [0.4, 0.5) is 5.95 Å². The summed E-state index contributed by atoms with van der Waals surface area (Å²) in [5.41, 5.74) is 3.42. The molecule has 1 saturated heterocycles. The van der Waals surface area contributed by atoms with Gasteiger partial charge in [-0.2, -0.15) is 5.26 Å². The van der Waals surface area contributed by atoms with E-state index in [4.69, 9.17) is 4.98 Å². The number of allylic oxidation sites excluding steroid dienone is 1. The normalized spacial score (nSPS) is 17.1. The first-order chi connectivity index (χ1) is 21.7. The molecule has 2 N–H and O–H groups in total. The summed E-state index contributed by atoms with van der Waals surface area (Å²) in [5, 5.41) is 16.4. The molecule has 2 aliphatic rings. The first-order valence-corrected chi connectivity index (χ1v) is 16.3. The Morgan fingerprint density at radius 1 is 1.16 bits per heavy atom. The lowest BCUT2D eigenvalue weighted by Gasteiger charge is -2.26. The molecule has 0 bridgehead atoms. The molecule has 1 aromatic carbocycles. The molecule has 10 nitrogen and oxygen atoms in total. The third kappa shape index (κ3) is 7.30. The Balaban J connectivity index is 1.28. The van der Waals surface area contributed by atoms with Gasteiger partial charge in [-0.25, -0.2) is 15.0 Å². The number of anilines is 1. The first-order valence-electron chi connectivity index (χ1n) is 15.5. The number of likely N-dealkylation sites (tertiary alicyclic amines) is 1. The third-order valence-corrected chi connectivity index (χ3v) is 9.23. The summed E-state index contributed by atoms with van der Waals surface area (Å²) in [6, 6.07) is 13.7. The molecule has 45 heavy (non-hydrogen) atoms. The second kappa shape index (κ2) is 12.9. The summed E-state index contributed by atoms with van der Waals surface area (Å²) in [6.07, 6.45) is 9.15. The minimum Gasteiger partial charge on any atom is -0.333 e. The van der Waals surface area contributed by atoms with Crippen LogP contribution in [0.25, 0.3) is 21.6 Å². The second-order valence-corrected chi connectivity index (χ2v) is 14.1. The van der Waals surface area contributed by atoms with Crippen molar-refractivity contribution < 1.29 is 9.59 Å². The lowest BCUT2D eigenvalue weighted by molar-refractivity contribution is -0.127. The summed E-state index contributed by atoms with van der Waals surface area (Å²) >= 11 is 1.35. The first kappa shape index (κ1) is 30.6. The van der Waals surface area contributed by atoms with Crippen LogP contribution in [0.1, 0.15) is 61.7 Å². The van der Waals surface area contributed by atoms with Crippen molar-refractivity contribution in [2.24, 2.45) is 11.3 Å². The molecular weight excluding hydrogens is 584 g/mol. The van der Waals surface area contributed by atoms with Crippen LogP contribution in [0.3, 0.4) is 0 Å². The Bertz CT molecular complexity index is 1770. The van der Waals surface area contributed by atoms with Crippen LogP contribution in [0, 0.1) is 22.7 Å². The van der Waals surface area contributed by atoms with Crippen molar-refractivity contribution in [2.75, 3.05) is 18.4 Å². The van der Waals surface area contributed by atoms with Crippen LogP contribution < -0.4 is 10.6 Å². The molecule has 0 spiro atoms. The fraction of sp³-hybridized carbons (Fsp3) is 0.412. The smallest absolute Gasteiger partial charge is 0.268 e. The van der Waals surface area contributed by atoms with Crippen LogP contribution in [0.5, 0.6) is 0 Å². The number of carbonyl (C=O) groups is 2. The molecule has 4 heterocycles. The van der Waals surface area contributed by atoms with E-state index in [9.17, 15) is 14.9 Å². The molecule has 11 heteroatoms. The molecule has 2 amide bonds. The molecule has 0 radical (unpaired) electrons. The number of benzene rings is 1. The van der Waals surface area contributed by atoms with Crippen LogP contribution in [-0.2, 0) is 17.9 Å². The lowest BCUT2D eigenvalue weighted by Crippen LogP contribution is -2.39. The summed E-state index contributed by atoms with van der Waals surface area (Å²) in [6.45, 7) is 8.73. The fourth-order valence-corrected chi connectivity index (χ4v) is 6.62. The van der Waals surface area contributed by atoms with Crippen molar-refractivity contribution in [3.05, 3.63) is 71.0 Å². The van der Waals surface area contributed by atoms with Gasteiger partial charge in [0.1, 0.15) is 18.0 Å². The number of hydrogen-bond donors (Lipinski definition) is 2. The minimum atomic E-state index is -0.297. The van der Waals surface area contributed by atoms with E-state index in [2.05, 4.69) is 38.8 Å². The molecule has 3 aromatic heterocycles. The largest absolute Gasteiger partial charge is 0.333 e. The van der Waals surface area contributed by atoms with E-state index >= 15 is 0 Å². The van der Waals surface area contributed by atoms with Crippen molar-refractivity contribution >= 4 is 40.1 Å². The highest BCUT2D eigenvalue weighted by atomic mass is 32.1. The zero-order chi connectivity index (χ0) is 31.6. The zero-order valence-electron chi connectivity index (χ0n) is 25.9. The number of amides is 2. The summed E-state index contributed by atoms with van der Waals surface area (Å²) in [7, 11) is 0. The lowest BCUT2D eigenvalue weighted by atomic mass is 9.93. The van der Waals surface area contributed by atoms with E-state index in [0.717, 1.165) is 59.0 Å². The highest BCUT2D eigenvalue weighted by Crippen LogP contribution is 2.31. The quantitative estimate of drug-likeness (QED) is 0.169. The van der Waals surface area contributed by atoms with Gasteiger partial charge < -0.3 is 14.8 Å². The minimum absolute atomic E-state index is 0.145. The van der Waals surface area contributed by atoms with Gasteiger partial charge in [0.15, 0.2) is 0 Å². The average molecular weight is 623 g/mol. The topological polar surface area (TPSA) is 129 Å². The van der Waals surface area contributed by atoms with E-state index in [0.29, 0.717) is 23.9 Å². The van der Waals surface area contributed by atoms with Crippen molar-refractivity contribution in [2.45, 2.75) is 65.6 Å². The number of fused-ring (bicyclic) bond motifs is 1. The maximum atomic E-state index is 13.5. The Morgan fingerprint density at radius 2 is 2.00 bits per heavy atom. The SMILES string of the molecule is CC(C)(C)C=C(C#N)C(=O)N1CCCC1Cn1c(NC(=O)c2ccc(-c3ccncn3)s2)nc2cc(CNCC3CC3)ccc21. The van der Waals surface area contributed by atoms with Crippen molar-refractivity contribution in [1.82, 2.24) is 29.7 Å². The van der Waals surface area contributed by atoms with Crippen molar-refractivity contribution in [1.29, 1.82) is 5.26 Å². The summed E-state index contributed by atoms with van der Waals surface area (Å²) in [4.78, 5) is 43.5. The van der Waals surface area contributed by atoms with Crippen LogP contribution in [0.15, 0.2) is 60.6 Å². The number of thiophene rings is 1. The maximum absolute atomic E-state index is 13.5. The number of carbonyl (C=O) groups excluding carboxylic acids is 2. The molecule has 232 valence electrons. The average Bonchev–Trinajstić information content (AvgIpc) is 3.38. The van der Waals surface area contributed by atoms with E-state index in [1.807, 2.05) is 48.4 Å². The Morgan fingerprint density at radius 3 is 2.73 bits per heavy atom. The van der Waals surface area contributed by atoms with Crippen molar-refractivity contribution in [3.8, 4) is 16.6 Å². The van der Waals surface area contributed by atoms with E-state index in [1.54, 1.807) is 18.3 Å². The van der Waals surface area contributed by atoms with Gasteiger partial charge in [0, 0.05) is 25.8 Å². The molecule has 1 saturated carbocycles. The molecule has 1 aliphatic carbocycles. The molecular formula is C34H38N8O2S. The van der Waals surface area contributed by atoms with Gasteiger partial charge in [-0.15, -0.1) is 11.3 Å². The van der Waals surface area contributed by atoms with Crippen LogP contribution >= 0.6 is 11.3 Å². The number of nitrogens with zero attached hydrogens (tertiary/aromatic N) is 6. The number of rotatable bonds is 10. The van der Waals surface area contributed by atoms with Crippen molar-refractivity contribution in [3.63, 3.8) is 0 Å². The standard InChI is InChI=1S/C34H38N8O2S/c1-34(2,3)16-24(17-35)32(44)41-14-4-5-25(41)20-42-28-9-8-23(19-37-18-22-6-7-22)15-27(28)39-33(42)40-31(43)30-11-10-29(45-30)26-12-13-36-21-38-26/h8-13,15-16,21-22,25,37H,4-7,14,18-20H2,1-3H3,(H,39,40,43). The van der Waals surface area contributed by atoms with E-state index in [-0.39, 0.29) is 28.8 Å².